The SMILES string of the molecule is C=CC(=N)C(C)=NNN=C. The number of hydrogen-bond acceptors (Lipinski definition) is 4. The van der Waals surface area contributed by atoms with Crippen molar-refractivity contribution in [2.24, 2.45) is 10.2 Å². The first-order valence-corrected chi connectivity index (χ1v) is 2.68. The third-order valence-corrected chi connectivity index (χ3v) is 0.882. The third-order valence-electron chi connectivity index (χ3n) is 0.882. The number of nitrogens with zero attached hydrogens (tertiary/aromatic N) is 2. The second-order valence-electron chi connectivity index (χ2n) is 1.57. The van der Waals surface area contributed by atoms with Crippen LogP contribution >= 0.6 is 0 Å². The molecule has 0 amide bonds. The maximum absolute atomic E-state index is 7.17. The van der Waals surface area contributed by atoms with E-state index in [2.05, 4.69) is 29.0 Å². The van der Waals surface area contributed by atoms with Crippen LogP contribution in [0.25, 0.3) is 0 Å². The van der Waals surface area contributed by atoms with Crippen molar-refractivity contribution in [2.45, 2.75) is 6.92 Å². The van der Waals surface area contributed by atoms with Crippen molar-refractivity contribution in [1.82, 2.24) is 5.53 Å². The van der Waals surface area contributed by atoms with Crippen molar-refractivity contribution in [3.8, 4) is 0 Å². The van der Waals surface area contributed by atoms with Crippen molar-refractivity contribution in [3.05, 3.63) is 12.7 Å². The predicted octanol–water partition coefficient (Wildman–Crippen LogP) is 0.773. The number of rotatable bonds is 4. The molecular formula is C6H10N4. The van der Waals surface area contributed by atoms with Gasteiger partial charge in [-0.15, -0.1) is 0 Å². The van der Waals surface area contributed by atoms with Gasteiger partial charge in [-0.1, -0.05) is 6.58 Å². The van der Waals surface area contributed by atoms with Crippen LogP contribution in [0.4, 0.5) is 0 Å². The van der Waals surface area contributed by atoms with Crippen LogP contribution in [0.5, 0.6) is 0 Å². The van der Waals surface area contributed by atoms with Crippen molar-refractivity contribution >= 4 is 18.1 Å². The molecule has 0 heterocycles. The van der Waals surface area contributed by atoms with Crippen LogP contribution in [0.1, 0.15) is 6.92 Å². The van der Waals surface area contributed by atoms with Crippen LogP contribution < -0.4 is 5.53 Å². The molecular weight excluding hydrogens is 128 g/mol. The van der Waals surface area contributed by atoms with E-state index in [0.29, 0.717) is 5.71 Å². The second-order valence-corrected chi connectivity index (χ2v) is 1.57. The molecule has 0 saturated heterocycles. The Kier molecular flexibility index (Phi) is 3.79. The summed E-state index contributed by atoms with van der Waals surface area (Å²) >= 11 is 0. The lowest BCUT2D eigenvalue weighted by Crippen LogP contribution is -2.09. The molecule has 0 rings (SSSR count). The van der Waals surface area contributed by atoms with Crippen molar-refractivity contribution in [2.75, 3.05) is 0 Å². The zero-order valence-electron chi connectivity index (χ0n) is 5.89. The Morgan fingerprint density at radius 2 is 2.30 bits per heavy atom. The molecule has 0 fully saturated rings. The van der Waals surface area contributed by atoms with Crippen LogP contribution in [-0.4, -0.2) is 18.1 Å². The molecule has 0 aliphatic carbocycles. The summed E-state index contributed by atoms with van der Waals surface area (Å²) in [5.74, 6) is 0. The zero-order valence-corrected chi connectivity index (χ0v) is 5.89. The normalized spacial score (nSPS) is 10.3. The lowest BCUT2D eigenvalue weighted by molar-refractivity contribution is 0.818. The Bertz CT molecular complexity index is 180. The summed E-state index contributed by atoms with van der Waals surface area (Å²) in [7, 11) is 0. The molecule has 0 bridgehead atoms. The van der Waals surface area contributed by atoms with E-state index < -0.39 is 0 Å². The predicted molar refractivity (Wildman–Crippen MR) is 43.7 cm³/mol. The molecule has 0 aliphatic heterocycles. The minimum Gasteiger partial charge on any atom is -0.299 e. The lowest BCUT2D eigenvalue weighted by atomic mass is 10.3. The summed E-state index contributed by atoms with van der Waals surface area (Å²) in [6.45, 7) is 8.25. The van der Waals surface area contributed by atoms with Gasteiger partial charge < -0.3 is 0 Å². The van der Waals surface area contributed by atoms with Gasteiger partial charge in [-0.3, -0.25) is 5.41 Å². The van der Waals surface area contributed by atoms with Gasteiger partial charge in [-0.2, -0.15) is 15.7 Å². The Hall–Kier alpha value is -1.45. The van der Waals surface area contributed by atoms with Gasteiger partial charge in [0.05, 0.1) is 11.4 Å². The van der Waals surface area contributed by atoms with Gasteiger partial charge >= 0.3 is 0 Å². The Morgan fingerprint density at radius 3 is 2.70 bits per heavy atom. The first-order valence-electron chi connectivity index (χ1n) is 2.68. The van der Waals surface area contributed by atoms with Crippen LogP contribution in [0, 0.1) is 5.41 Å². The maximum atomic E-state index is 7.17. The van der Waals surface area contributed by atoms with Gasteiger partial charge in [0.15, 0.2) is 0 Å². The summed E-state index contributed by atoms with van der Waals surface area (Å²) in [6, 6.07) is 0. The van der Waals surface area contributed by atoms with Crippen molar-refractivity contribution in [1.29, 1.82) is 5.41 Å². The second kappa shape index (κ2) is 4.43. The molecule has 0 aliphatic rings. The maximum Gasteiger partial charge on any atom is 0.0841 e. The highest BCUT2D eigenvalue weighted by atomic mass is 15.5. The number of allylic oxidation sites excluding steroid dienone is 1. The molecule has 54 valence electrons. The Morgan fingerprint density at radius 1 is 1.70 bits per heavy atom. The van der Waals surface area contributed by atoms with Crippen LogP contribution in [0.15, 0.2) is 22.9 Å². The van der Waals surface area contributed by atoms with Gasteiger partial charge in [0.1, 0.15) is 0 Å². The third kappa shape index (κ3) is 2.76. The fourth-order valence-corrected chi connectivity index (χ4v) is 0.318. The van der Waals surface area contributed by atoms with E-state index in [-0.39, 0.29) is 5.71 Å². The molecule has 2 N–H and O–H groups in total. The van der Waals surface area contributed by atoms with Crippen LogP contribution in [0.3, 0.4) is 0 Å². The van der Waals surface area contributed by atoms with E-state index in [0.717, 1.165) is 0 Å². The first kappa shape index (κ1) is 8.55. The molecule has 4 heteroatoms. The Labute approximate surface area is 59.8 Å². The fourth-order valence-electron chi connectivity index (χ4n) is 0.318. The minimum atomic E-state index is 0.274. The van der Waals surface area contributed by atoms with Crippen molar-refractivity contribution < 1.29 is 0 Å². The monoisotopic (exact) mass is 138 g/mol. The lowest BCUT2D eigenvalue weighted by Gasteiger charge is -1.94. The molecule has 0 atom stereocenters. The summed E-state index contributed by atoms with van der Waals surface area (Å²) in [5, 5.41) is 14.1. The van der Waals surface area contributed by atoms with E-state index in [9.17, 15) is 0 Å². The highest BCUT2D eigenvalue weighted by Crippen LogP contribution is 1.79. The topological polar surface area (TPSA) is 60.6 Å². The van der Waals surface area contributed by atoms with E-state index in [4.69, 9.17) is 5.41 Å². The minimum absolute atomic E-state index is 0.274. The highest BCUT2D eigenvalue weighted by Gasteiger charge is 1.92. The van der Waals surface area contributed by atoms with Gasteiger partial charge in [-0.25, -0.2) is 0 Å². The molecule has 0 unspecified atom stereocenters. The van der Waals surface area contributed by atoms with E-state index in [1.165, 1.54) is 6.08 Å². The fraction of sp³-hybridized carbons (Fsp3) is 0.167. The van der Waals surface area contributed by atoms with E-state index in [1.807, 2.05) is 0 Å². The molecule has 0 aromatic carbocycles. The standard InChI is InChI=1S/C6H10N4/c1-4-6(7)5(2)9-10-8-3/h4,7,10H,1,3H2,2H3. The van der Waals surface area contributed by atoms with E-state index >= 15 is 0 Å². The average Bonchev–Trinajstić information content (AvgIpc) is 1.98. The van der Waals surface area contributed by atoms with Crippen LogP contribution in [0.2, 0.25) is 0 Å². The quantitative estimate of drug-likeness (QED) is 0.437. The number of hydrazone groups is 2. The Balaban J connectivity index is 4.03. The van der Waals surface area contributed by atoms with Crippen molar-refractivity contribution in [3.63, 3.8) is 0 Å². The van der Waals surface area contributed by atoms with Gasteiger partial charge in [-0.05, 0) is 13.0 Å². The average molecular weight is 138 g/mol. The molecule has 0 saturated carbocycles. The molecule has 0 spiro atoms. The smallest absolute Gasteiger partial charge is 0.0841 e. The highest BCUT2D eigenvalue weighted by molar-refractivity contribution is 6.44. The number of hydrogen-bond donors (Lipinski definition) is 2. The van der Waals surface area contributed by atoms with Gasteiger partial charge in [0.2, 0.25) is 0 Å². The van der Waals surface area contributed by atoms with Gasteiger partial charge in [0, 0.05) is 6.72 Å². The first-order chi connectivity index (χ1) is 4.72. The zero-order chi connectivity index (χ0) is 7.98. The molecule has 10 heavy (non-hydrogen) atoms. The molecule has 0 radical (unpaired) electrons. The summed E-state index contributed by atoms with van der Waals surface area (Å²) in [4.78, 5) is 0. The largest absolute Gasteiger partial charge is 0.299 e. The molecule has 0 aromatic rings. The molecule has 4 nitrogen and oxygen atoms in total. The number of nitrogens with one attached hydrogen (secondary N) is 2. The van der Waals surface area contributed by atoms with E-state index in [1.54, 1.807) is 6.92 Å². The van der Waals surface area contributed by atoms with Crippen LogP contribution in [-0.2, 0) is 0 Å². The summed E-state index contributed by atoms with van der Waals surface area (Å²) in [6.07, 6.45) is 1.41. The summed E-state index contributed by atoms with van der Waals surface area (Å²) < 4.78 is 0. The summed E-state index contributed by atoms with van der Waals surface area (Å²) in [5.41, 5.74) is 3.08. The molecule has 0 aromatic heterocycles. The van der Waals surface area contributed by atoms with Gasteiger partial charge in [0.25, 0.3) is 0 Å².